The lowest BCUT2D eigenvalue weighted by Crippen LogP contribution is -2.19. The van der Waals surface area contributed by atoms with Gasteiger partial charge in [-0.05, 0) is 29.7 Å². The molecule has 0 aliphatic heterocycles. The molecule has 0 amide bonds. The van der Waals surface area contributed by atoms with Crippen molar-refractivity contribution in [1.29, 1.82) is 0 Å². The lowest BCUT2D eigenvalue weighted by atomic mass is 9.77. The first kappa shape index (κ1) is 11.2. The van der Waals surface area contributed by atoms with Crippen molar-refractivity contribution in [3.63, 3.8) is 0 Å². The Bertz CT molecular complexity index is 781. The summed E-state index contributed by atoms with van der Waals surface area (Å²) in [5.74, 6) is 1.90. The fourth-order valence-electron chi connectivity index (χ4n) is 2.56. The summed E-state index contributed by atoms with van der Waals surface area (Å²) >= 11 is 0. The second-order valence-corrected chi connectivity index (χ2v) is 4.88. The van der Waals surface area contributed by atoms with E-state index in [-0.39, 0.29) is 5.92 Å². The van der Waals surface area contributed by atoms with E-state index in [1.54, 1.807) is 12.3 Å². The quantitative estimate of drug-likeness (QED) is 0.769. The topological polar surface area (TPSA) is 77.8 Å². The maximum Gasteiger partial charge on any atom is 0.258 e. The van der Waals surface area contributed by atoms with Gasteiger partial charge in [-0.15, -0.1) is 0 Å². The molecule has 1 aliphatic rings. The summed E-state index contributed by atoms with van der Waals surface area (Å²) in [6.45, 7) is 0. The minimum absolute atomic E-state index is 0.239. The van der Waals surface area contributed by atoms with Crippen molar-refractivity contribution in [2.75, 3.05) is 5.73 Å². The van der Waals surface area contributed by atoms with Gasteiger partial charge >= 0.3 is 0 Å². The van der Waals surface area contributed by atoms with Crippen LogP contribution in [0.15, 0.2) is 47.1 Å². The van der Waals surface area contributed by atoms with Crippen LogP contribution >= 0.6 is 0 Å². The average molecular weight is 264 g/mol. The molecular formula is C15H12N4O. The van der Waals surface area contributed by atoms with Gasteiger partial charge in [0.15, 0.2) is 5.82 Å². The monoisotopic (exact) mass is 264 g/mol. The van der Waals surface area contributed by atoms with E-state index in [1.807, 2.05) is 12.1 Å². The number of hydrogen-bond donors (Lipinski definition) is 1. The zero-order valence-corrected chi connectivity index (χ0v) is 10.7. The minimum Gasteiger partial charge on any atom is -0.384 e. The van der Waals surface area contributed by atoms with Gasteiger partial charge in [0.2, 0.25) is 0 Å². The third kappa shape index (κ3) is 1.67. The van der Waals surface area contributed by atoms with Gasteiger partial charge in [-0.1, -0.05) is 29.4 Å². The van der Waals surface area contributed by atoms with E-state index in [0.29, 0.717) is 11.7 Å². The van der Waals surface area contributed by atoms with Crippen molar-refractivity contribution < 1.29 is 4.52 Å². The molecule has 1 aliphatic carbocycles. The summed E-state index contributed by atoms with van der Waals surface area (Å²) in [5.41, 5.74) is 9.10. The van der Waals surface area contributed by atoms with E-state index in [1.165, 1.54) is 11.1 Å². The number of nitrogen functional groups attached to an aromatic ring is 1. The number of nitrogens with zero attached hydrogens (tertiary/aromatic N) is 3. The second kappa shape index (κ2) is 4.16. The summed E-state index contributed by atoms with van der Waals surface area (Å²) in [5, 5.41) is 4.10. The first-order chi connectivity index (χ1) is 9.81. The van der Waals surface area contributed by atoms with E-state index in [4.69, 9.17) is 10.3 Å². The number of aromatic nitrogens is 3. The molecule has 1 unspecified atom stereocenters. The molecule has 0 bridgehead atoms. The molecule has 0 spiro atoms. The van der Waals surface area contributed by atoms with Gasteiger partial charge in [0.1, 0.15) is 5.82 Å². The van der Waals surface area contributed by atoms with Crippen molar-refractivity contribution >= 4 is 5.82 Å². The number of fused-ring (bicyclic) bond motifs is 1. The number of anilines is 1. The first-order valence-corrected chi connectivity index (χ1v) is 6.44. The van der Waals surface area contributed by atoms with Crippen LogP contribution in [0.3, 0.4) is 0 Å². The Balaban J connectivity index is 1.67. The summed E-state index contributed by atoms with van der Waals surface area (Å²) in [7, 11) is 0. The number of hydrogen-bond acceptors (Lipinski definition) is 5. The molecular weight excluding hydrogens is 252 g/mol. The minimum atomic E-state index is 0.239. The van der Waals surface area contributed by atoms with Crippen LogP contribution in [0.1, 0.15) is 22.9 Å². The van der Waals surface area contributed by atoms with Gasteiger partial charge in [0, 0.05) is 11.8 Å². The van der Waals surface area contributed by atoms with Crippen LogP contribution in [0.25, 0.3) is 11.5 Å². The Labute approximate surface area is 115 Å². The fourth-order valence-corrected chi connectivity index (χ4v) is 2.56. The van der Waals surface area contributed by atoms with Gasteiger partial charge < -0.3 is 10.3 Å². The van der Waals surface area contributed by atoms with E-state index >= 15 is 0 Å². The van der Waals surface area contributed by atoms with Crippen molar-refractivity contribution in [2.24, 2.45) is 0 Å². The number of pyridine rings is 1. The Kier molecular flexibility index (Phi) is 2.32. The normalized spacial score (nSPS) is 16.5. The average Bonchev–Trinajstić information content (AvgIpc) is 2.90. The number of rotatable bonds is 2. The number of benzene rings is 1. The van der Waals surface area contributed by atoms with Crippen LogP contribution < -0.4 is 5.73 Å². The van der Waals surface area contributed by atoms with Crippen molar-refractivity contribution in [1.82, 2.24) is 15.1 Å². The highest BCUT2D eigenvalue weighted by Crippen LogP contribution is 2.39. The zero-order chi connectivity index (χ0) is 13.5. The highest BCUT2D eigenvalue weighted by atomic mass is 16.5. The highest BCUT2D eigenvalue weighted by molar-refractivity contribution is 5.57. The fraction of sp³-hybridized carbons (Fsp3) is 0.133. The third-order valence-corrected chi connectivity index (χ3v) is 3.64. The highest BCUT2D eigenvalue weighted by Gasteiger charge is 2.31. The smallest absolute Gasteiger partial charge is 0.258 e. The molecule has 20 heavy (non-hydrogen) atoms. The van der Waals surface area contributed by atoms with Crippen LogP contribution in [-0.2, 0) is 6.42 Å². The maximum absolute atomic E-state index is 5.66. The van der Waals surface area contributed by atoms with Crippen molar-refractivity contribution in [3.8, 4) is 11.5 Å². The Morgan fingerprint density at radius 3 is 2.95 bits per heavy atom. The standard InChI is InChI=1S/C15H12N4O/c16-13-8-10(5-6-17-13)15-18-14(19-20-15)12-7-9-3-1-2-4-11(9)12/h1-6,8,12H,7H2,(H2,16,17). The molecule has 0 fully saturated rings. The summed E-state index contributed by atoms with van der Waals surface area (Å²) in [6, 6.07) is 11.9. The molecule has 2 N–H and O–H groups in total. The molecule has 0 radical (unpaired) electrons. The van der Waals surface area contributed by atoms with Crippen LogP contribution in [0.5, 0.6) is 0 Å². The van der Waals surface area contributed by atoms with Crippen LogP contribution in [-0.4, -0.2) is 15.1 Å². The molecule has 2 aromatic heterocycles. The van der Waals surface area contributed by atoms with Crippen LogP contribution in [0, 0.1) is 0 Å². The van der Waals surface area contributed by atoms with Crippen molar-refractivity contribution in [2.45, 2.75) is 12.3 Å². The molecule has 5 nitrogen and oxygen atoms in total. The van der Waals surface area contributed by atoms with E-state index in [0.717, 1.165) is 17.8 Å². The summed E-state index contributed by atoms with van der Waals surface area (Å²) in [6.07, 6.45) is 2.60. The Hall–Kier alpha value is -2.69. The van der Waals surface area contributed by atoms with Gasteiger partial charge in [0.05, 0.1) is 5.92 Å². The second-order valence-electron chi connectivity index (χ2n) is 4.88. The molecule has 1 aromatic carbocycles. The van der Waals surface area contributed by atoms with E-state index in [9.17, 15) is 0 Å². The lowest BCUT2D eigenvalue weighted by Gasteiger charge is -2.27. The van der Waals surface area contributed by atoms with E-state index < -0.39 is 0 Å². The Morgan fingerprint density at radius 2 is 2.10 bits per heavy atom. The zero-order valence-electron chi connectivity index (χ0n) is 10.7. The molecule has 5 heteroatoms. The molecule has 0 saturated heterocycles. The van der Waals surface area contributed by atoms with Crippen molar-refractivity contribution in [3.05, 3.63) is 59.5 Å². The third-order valence-electron chi connectivity index (χ3n) is 3.64. The molecule has 4 rings (SSSR count). The van der Waals surface area contributed by atoms with Gasteiger partial charge in [-0.25, -0.2) is 4.98 Å². The van der Waals surface area contributed by atoms with Gasteiger partial charge in [-0.3, -0.25) is 0 Å². The molecule has 98 valence electrons. The predicted molar refractivity (Wildman–Crippen MR) is 73.9 cm³/mol. The molecule has 1 atom stereocenters. The summed E-state index contributed by atoms with van der Waals surface area (Å²) < 4.78 is 5.33. The molecule has 2 heterocycles. The van der Waals surface area contributed by atoms with E-state index in [2.05, 4.69) is 33.3 Å². The largest absolute Gasteiger partial charge is 0.384 e. The summed E-state index contributed by atoms with van der Waals surface area (Å²) in [4.78, 5) is 8.43. The Morgan fingerprint density at radius 1 is 1.20 bits per heavy atom. The van der Waals surface area contributed by atoms with Crippen LogP contribution in [0.4, 0.5) is 5.82 Å². The SMILES string of the molecule is Nc1cc(-c2nc(C3Cc4ccccc43)no2)ccn1. The number of nitrogens with two attached hydrogens (primary N) is 1. The predicted octanol–water partition coefficient (Wildman–Crippen LogP) is 2.40. The first-order valence-electron chi connectivity index (χ1n) is 6.44. The maximum atomic E-state index is 5.66. The van der Waals surface area contributed by atoms with Crippen LogP contribution in [0.2, 0.25) is 0 Å². The van der Waals surface area contributed by atoms with Gasteiger partial charge in [-0.2, -0.15) is 4.98 Å². The molecule has 0 saturated carbocycles. The molecule has 3 aromatic rings. The van der Waals surface area contributed by atoms with Gasteiger partial charge in [0.25, 0.3) is 5.89 Å². The lowest BCUT2D eigenvalue weighted by molar-refractivity contribution is 0.416.